The fourth-order valence-electron chi connectivity index (χ4n) is 0.380. The van der Waals surface area contributed by atoms with Crippen LogP contribution in [-0.4, -0.2) is 17.4 Å². The van der Waals surface area contributed by atoms with Crippen molar-refractivity contribution in [3.8, 4) is 0 Å². The Labute approximate surface area is 86.4 Å². The van der Waals surface area contributed by atoms with E-state index in [-0.39, 0.29) is 0 Å². The van der Waals surface area contributed by atoms with Gasteiger partial charge in [0, 0.05) is 0 Å². The number of rotatable bonds is 4. The molecule has 11 heteroatoms. The zero-order chi connectivity index (χ0) is 13.4. The van der Waals surface area contributed by atoms with Crippen LogP contribution in [0.1, 0.15) is 0 Å². The second-order valence-electron chi connectivity index (χ2n) is 2.23. The van der Waals surface area contributed by atoms with E-state index in [1.165, 1.54) is 0 Å². The van der Waals surface area contributed by atoms with Crippen molar-refractivity contribution < 1.29 is 44.3 Å². The van der Waals surface area contributed by atoms with Crippen molar-refractivity contribution in [1.82, 2.24) is 0 Å². The van der Waals surface area contributed by atoms with Crippen LogP contribution in [0.5, 0.6) is 0 Å². The summed E-state index contributed by atoms with van der Waals surface area (Å²) in [6.07, 6.45) is -9.76. The van der Waals surface area contributed by atoms with E-state index in [9.17, 15) is 39.5 Å². The number of alkyl halides is 7. The van der Waals surface area contributed by atoms with E-state index in [2.05, 4.69) is 16.3 Å². The Morgan fingerprint density at radius 2 is 1.25 bits per heavy atom. The molecule has 0 spiro atoms. The summed E-state index contributed by atoms with van der Waals surface area (Å²) in [6, 6.07) is -3.41. The highest BCUT2D eigenvalue weighted by Gasteiger charge is 2.74. The molecule has 0 N–H and O–H groups in total. The first-order valence-electron chi connectivity index (χ1n) is 3.05. The SMILES string of the molecule is FC(F)=C(F)OC(F)(F)C(F)(F)C(F)(F)Cl. The molecule has 0 aliphatic heterocycles. The summed E-state index contributed by atoms with van der Waals surface area (Å²) in [4.78, 5) is 0. The van der Waals surface area contributed by atoms with Crippen LogP contribution >= 0.6 is 11.6 Å². The summed E-state index contributed by atoms with van der Waals surface area (Å²) >= 11 is 3.60. The number of hydrogen-bond acceptors (Lipinski definition) is 1. The summed E-state index contributed by atoms with van der Waals surface area (Å²) in [5, 5.41) is -5.82. The Morgan fingerprint density at radius 1 is 0.875 bits per heavy atom. The third-order valence-electron chi connectivity index (χ3n) is 1.09. The van der Waals surface area contributed by atoms with Gasteiger partial charge < -0.3 is 4.74 Å². The van der Waals surface area contributed by atoms with Gasteiger partial charge in [0.15, 0.2) is 0 Å². The third-order valence-corrected chi connectivity index (χ3v) is 1.33. The molecule has 1 nitrogen and oxygen atoms in total. The number of halogens is 10. The van der Waals surface area contributed by atoms with Gasteiger partial charge in [0.1, 0.15) is 0 Å². The zero-order valence-corrected chi connectivity index (χ0v) is 7.44. The Morgan fingerprint density at radius 3 is 1.50 bits per heavy atom. The number of ether oxygens (including phenoxy) is 1. The van der Waals surface area contributed by atoms with Crippen molar-refractivity contribution in [2.45, 2.75) is 17.4 Å². The van der Waals surface area contributed by atoms with Crippen LogP contribution in [0.25, 0.3) is 0 Å². The molecule has 16 heavy (non-hydrogen) atoms. The lowest BCUT2D eigenvalue weighted by Crippen LogP contribution is -2.52. The van der Waals surface area contributed by atoms with E-state index >= 15 is 0 Å². The van der Waals surface area contributed by atoms with Gasteiger partial charge in [0.05, 0.1) is 0 Å². The van der Waals surface area contributed by atoms with E-state index in [4.69, 9.17) is 0 Å². The summed E-state index contributed by atoms with van der Waals surface area (Å²) in [5.74, 6) is -6.38. The molecule has 0 aromatic carbocycles. The first-order valence-corrected chi connectivity index (χ1v) is 3.43. The van der Waals surface area contributed by atoms with E-state index in [1.807, 2.05) is 0 Å². The molecule has 0 saturated heterocycles. The molecule has 0 aliphatic rings. The van der Waals surface area contributed by atoms with Crippen LogP contribution in [0.4, 0.5) is 39.5 Å². The van der Waals surface area contributed by atoms with Crippen LogP contribution in [0.2, 0.25) is 0 Å². The normalized spacial score (nSPS) is 13.6. The minimum Gasteiger partial charge on any atom is -0.397 e. The average Bonchev–Trinajstić information content (AvgIpc) is 2.00. The molecule has 0 amide bonds. The van der Waals surface area contributed by atoms with Gasteiger partial charge in [-0.05, 0) is 11.6 Å². The third kappa shape index (κ3) is 2.86. The van der Waals surface area contributed by atoms with Gasteiger partial charge in [0.25, 0.3) is 0 Å². The zero-order valence-electron chi connectivity index (χ0n) is 6.69. The quantitative estimate of drug-likeness (QED) is 0.428. The maximum atomic E-state index is 12.2. The molecule has 0 unspecified atom stereocenters. The first kappa shape index (κ1) is 15.2. The van der Waals surface area contributed by atoms with E-state index < -0.39 is 29.5 Å². The van der Waals surface area contributed by atoms with E-state index in [1.54, 1.807) is 0 Å². The predicted molar refractivity (Wildman–Crippen MR) is 32.1 cm³/mol. The van der Waals surface area contributed by atoms with Gasteiger partial charge in [-0.2, -0.15) is 39.5 Å². The lowest BCUT2D eigenvalue weighted by Gasteiger charge is -2.27. The Balaban J connectivity index is 5.15. The highest BCUT2D eigenvalue weighted by molar-refractivity contribution is 6.22. The second kappa shape index (κ2) is 4.22. The van der Waals surface area contributed by atoms with Gasteiger partial charge in [-0.3, -0.25) is 0 Å². The summed E-state index contributed by atoms with van der Waals surface area (Å²) in [6.45, 7) is 0. The molecule has 0 aromatic rings. The van der Waals surface area contributed by atoms with Gasteiger partial charge in [-0.15, -0.1) is 0 Å². The monoisotopic (exact) mass is 282 g/mol. The molecule has 0 bridgehead atoms. The molecule has 0 fully saturated rings. The predicted octanol–water partition coefficient (Wildman–Crippen LogP) is 4.10. The first-order chi connectivity index (χ1) is 6.83. The molecule has 0 rings (SSSR count). The summed E-state index contributed by atoms with van der Waals surface area (Å²) < 4.78 is 108. The Hall–Kier alpha value is -0.800. The maximum absolute atomic E-state index is 12.2. The Kier molecular flexibility index (Phi) is 4.01. The van der Waals surface area contributed by atoms with Gasteiger partial charge >= 0.3 is 29.5 Å². The average molecular weight is 282 g/mol. The van der Waals surface area contributed by atoms with Gasteiger partial charge in [-0.25, -0.2) is 0 Å². The van der Waals surface area contributed by atoms with Crippen molar-refractivity contribution in [1.29, 1.82) is 0 Å². The van der Waals surface area contributed by atoms with Crippen LogP contribution in [0.3, 0.4) is 0 Å². The minimum absolute atomic E-state index is 2.11. The molecule has 0 atom stereocenters. The van der Waals surface area contributed by atoms with Crippen molar-refractivity contribution in [3.05, 3.63) is 12.1 Å². The van der Waals surface area contributed by atoms with E-state index in [0.717, 1.165) is 0 Å². The van der Waals surface area contributed by atoms with Gasteiger partial charge in [0.2, 0.25) is 0 Å². The van der Waals surface area contributed by atoms with Crippen molar-refractivity contribution in [2.24, 2.45) is 0 Å². The number of hydrogen-bond donors (Lipinski definition) is 0. The Bertz CT molecular complexity index is 289. The lowest BCUT2D eigenvalue weighted by atomic mass is 10.3. The topological polar surface area (TPSA) is 9.23 Å². The fraction of sp³-hybridized carbons (Fsp3) is 0.600. The molecular formula is C5ClF9O. The fourth-order valence-corrected chi connectivity index (χ4v) is 0.490. The summed E-state index contributed by atoms with van der Waals surface area (Å²) in [7, 11) is 0. The highest BCUT2D eigenvalue weighted by Crippen LogP contribution is 2.49. The van der Waals surface area contributed by atoms with Crippen LogP contribution < -0.4 is 0 Å². The van der Waals surface area contributed by atoms with Crippen molar-refractivity contribution >= 4 is 11.6 Å². The van der Waals surface area contributed by atoms with Crippen LogP contribution in [0, 0.1) is 0 Å². The summed E-state index contributed by atoms with van der Waals surface area (Å²) in [5.41, 5.74) is 0. The molecule has 0 saturated carbocycles. The minimum atomic E-state index is -6.38. The maximum Gasteiger partial charge on any atom is 0.474 e. The van der Waals surface area contributed by atoms with E-state index in [0.29, 0.717) is 0 Å². The molecular weight excluding hydrogens is 282 g/mol. The largest absolute Gasteiger partial charge is 0.474 e. The molecule has 96 valence electrons. The molecule has 0 aromatic heterocycles. The molecule has 0 heterocycles. The van der Waals surface area contributed by atoms with Crippen LogP contribution in [0.15, 0.2) is 12.1 Å². The second-order valence-corrected chi connectivity index (χ2v) is 2.70. The standard InChI is InChI=1S/C5ClF9O/c6-4(12,13)3(10,11)5(14,15)16-2(9)1(7)8. The highest BCUT2D eigenvalue weighted by atomic mass is 35.5. The molecule has 0 radical (unpaired) electrons. The lowest BCUT2D eigenvalue weighted by molar-refractivity contribution is -0.376. The van der Waals surface area contributed by atoms with Crippen LogP contribution in [-0.2, 0) is 4.74 Å². The van der Waals surface area contributed by atoms with Crippen molar-refractivity contribution in [3.63, 3.8) is 0 Å². The van der Waals surface area contributed by atoms with Gasteiger partial charge in [-0.1, -0.05) is 0 Å². The van der Waals surface area contributed by atoms with Crippen molar-refractivity contribution in [2.75, 3.05) is 0 Å². The molecule has 0 aliphatic carbocycles. The smallest absolute Gasteiger partial charge is 0.397 e.